The Morgan fingerprint density at radius 2 is 2.00 bits per heavy atom. The molecular weight excluding hydrogens is 354 g/mol. The second kappa shape index (κ2) is 8.37. The predicted molar refractivity (Wildman–Crippen MR) is 98.9 cm³/mol. The average Bonchev–Trinajstić information content (AvgIpc) is 3.32. The van der Waals surface area contributed by atoms with E-state index in [4.69, 9.17) is 4.74 Å². The van der Waals surface area contributed by atoms with Crippen LogP contribution in [-0.4, -0.2) is 46.6 Å². The fourth-order valence-electron chi connectivity index (χ4n) is 3.60. The number of carbonyl (C=O) groups is 1. The van der Waals surface area contributed by atoms with Crippen molar-refractivity contribution in [3.05, 3.63) is 23.8 Å². The number of hydrogen-bond acceptors (Lipinski definition) is 5. The summed E-state index contributed by atoms with van der Waals surface area (Å²) < 4.78 is 33.5. The van der Waals surface area contributed by atoms with Crippen LogP contribution in [0.2, 0.25) is 0 Å². The first-order chi connectivity index (χ1) is 12.5. The summed E-state index contributed by atoms with van der Waals surface area (Å²) in [5.74, 6) is -0.0387. The number of carbonyl (C=O) groups excluding carboxylic acids is 1. The van der Waals surface area contributed by atoms with Crippen LogP contribution in [0.25, 0.3) is 0 Å². The molecule has 1 unspecified atom stereocenters. The van der Waals surface area contributed by atoms with Crippen molar-refractivity contribution >= 4 is 15.9 Å². The van der Waals surface area contributed by atoms with E-state index in [0.717, 1.165) is 45.1 Å². The van der Waals surface area contributed by atoms with Gasteiger partial charge in [-0.2, -0.15) is 0 Å². The molecule has 1 aliphatic heterocycles. The van der Waals surface area contributed by atoms with E-state index in [1.165, 1.54) is 19.2 Å². The van der Waals surface area contributed by atoms with Crippen molar-refractivity contribution in [1.29, 1.82) is 0 Å². The first kappa shape index (κ1) is 19.1. The molecule has 1 saturated carbocycles. The van der Waals surface area contributed by atoms with Gasteiger partial charge in [-0.25, -0.2) is 13.1 Å². The molecule has 2 aliphatic rings. The third-order valence-corrected chi connectivity index (χ3v) is 6.61. The van der Waals surface area contributed by atoms with E-state index in [1.54, 1.807) is 6.07 Å². The molecular formula is C18H27N3O4S. The summed E-state index contributed by atoms with van der Waals surface area (Å²) >= 11 is 0. The number of amides is 1. The molecule has 8 heteroatoms. The second-order valence-electron chi connectivity index (χ2n) is 6.97. The van der Waals surface area contributed by atoms with E-state index in [9.17, 15) is 13.2 Å². The molecule has 0 spiro atoms. The van der Waals surface area contributed by atoms with Gasteiger partial charge in [0.2, 0.25) is 10.0 Å². The lowest BCUT2D eigenvalue weighted by atomic mass is 10.2. The van der Waals surface area contributed by atoms with E-state index in [1.807, 2.05) is 0 Å². The normalized spacial score (nSPS) is 21.0. The van der Waals surface area contributed by atoms with Crippen LogP contribution < -0.4 is 20.1 Å². The van der Waals surface area contributed by atoms with Gasteiger partial charge in [0.05, 0.1) is 7.11 Å². The van der Waals surface area contributed by atoms with Gasteiger partial charge in [-0.05, 0) is 50.4 Å². The number of rotatable bonds is 7. The maximum Gasteiger partial charge on any atom is 0.251 e. The SMILES string of the molecule is COc1ccc(C(=O)NCC2CCCN2)cc1S(=O)(=O)NC1CCCC1. The topological polar surface area (TPSA) is 96.5 Å². The molecule has 3 rings (SSSR count). The quantitative estimate of drug-likeness (QED) is 0.663. The highest BCUT2D eigenvalue weighted by Gasteiger charge is 2.26. The lowest BCUT2D eigenvalue weighted by Crippen LogP contribution is -2.37. The van der Waals surface area contributed by atoms with Crippen molar-refractivity contribution in [2.45, 2.75) is 55.5 Å². The van der Waals surface area contributed by atoms with Crippen LogP contribution in [0.5, 0.6) is 5.75 Å². The Morgan fingerprint density at radius 3 is 2.65 bits per heavy atom. The lowest BCUT2D eigenvalue weighted by Gasteiger charge is -2.16. The molecule has 0 radical (unpaired) electrons. The number of hydrogen-bond donors (Lipinski definition) is 3. The standard InChI is InChI=1S/C18H27N3O4S/c1-25-16-9-8-13(18(22)20-12-15-7-4-10-19-15)11-17(16)26(23,24)21-14-5-2-3-6-14/h8-9,11,14-15,19,21H,2-7,10,12H2,1H3,(H,20,22). The van der Waals surface area contributed by atoms with E-state index in [2.05, 4.69) is 15.4 Å². The van der Waals surface area contributed by atoms with Gasteiger partial charge in [0.25, 0.3) is 5.91 Å². The fourth-order valence-corrected chi connectivity index (χ4v) is 5.10. The summed E-state index contributed by atoms with van der Waals surface area (Å²) in [6.45, 7) is 1.51. The Morgan fingerprint density at radius 1 is 1.23 bits per heavy atom. The molecule has 1 aliphatic carbocycles. The third-order valence-electron chi connectivity index (χ3n) is 5.06. The molecule has 1 aromatic carbocycles. The summed E-state index contributed by atoms with van der Waals surface area (Å²) in [5.41, 5.74) is 0.315. The van der Waals surface area contributed by atoms with Crippen LogP contribution in [-0.2, 0) is 10.0 Å². The fraction of sp³-hybridized carbons (Fsp3) is 0.611. The van der Waals surface area contributed by atoms with Crippen LogP contribution in [0.15, 0.2) is 23.1 Å². The van der Waals surface area contributed by atoms with Crippen molar-refractivity contribution < 1.29 is 17.9 Å². The van der Waals surface area contributed by atoms with Crippen molar-refractivity contribution in [3.8, 4) is 5.75 Å². The zero-order valence-electron chi connectivity index (χ0n) is 15.1. The zero-order valence-corrected chi connectivity index (χ0v) is 15.9. The minimum absolute atomic E-state index is 0.0125. The molecule has 2 fully saturated rings. The molecule has 1 atom stereocenters. The van der Waals surface area contributed by atoms with Gasteiger partial charge in [-0.1, -0.05) is 12.8 Å². The van der Waals surface area contributed by atoms with Crippen LogP contribution >= 0.6 is 0 Å². The summed E-state index contributed by atoms with van der Waals surface area (Å²) in [4.78, 5) is 12.4. The highest BCUT2D eigenvalue weighted by Crippen LogP contribution is 2.27. The number of benzene rings is 1. The largest absolute Gasteiger partial charge is 0.495 e. The number of methoxy groups -OCH3 is 1. The monoisotopic (exact) mass is 381 g/mol. The minimum Gasteiger partial charge on any atom is -0.495 e. The summed E-state index contributed by atoms with van der Waals surface area (Å²) in [6.07, 6.45) is 5.89. The van der Waals surface area contributed by atoms with Crippen molar-refractivity contribution in [1.82, 2.24) is 15.4 Å². The molecule has 1 saturated heterocycles. The van der Waals surface area contributed by atoms with Crippen molar-refractivity contribution in [2.75, 3.05) is 20.2 Å². The minimum atomic E-state index is -3.74. The molecule has 1 heterocycles. The van der Waals surface area contributed by atoms with Crippen molar-refractivity contribution in [3.63, 3.8) is 0 Å². The molecule has 26 heavy (non-hydrogen) atoms. The highest BCUT2D eigenvalue weighted by atomic mass is 32.2. The number of nitrogens with one attached hydrogen (secondary N) is 3. The molecule has 0 aromatic heterocycles. The third kappa shape index (κ3) is 4.55. The number of sulfonamides is 1. The van der Waals surface area contributed by atoms with Crippen LogP contribution in [0.1, 0.15) is 48.9 Å². The van der Waals surface area contributed by atoms with Crippen LogP contribution in [0.3, 0.4) is 0 Å². The van der Waals surface area contributed by atoms with Crippen molar-refractivity contribution in [2.24, 2.45) is 0 Å². The Kier molecular flexibility index (Phi) is 6.16. The smallest absolute Gasteiger partial charge is 0.251 e. The first-order valence-corrected chi connectivity index (χ1v) is 10.7. The van der Waals surface area contributed by atoms with E-state index in [0.29, 0.717) is 12.1 Å². The maximum atomic E-state index is 12.8. The highest BCUT2D eigenvalue weighted by molar-refractivity contribution is 7.89. The van der Waals surface area contributed by atoms with Crippen LogP contribution in [0, 0.1) is 0 Å². The average molecular weight is 381 g/mol. The molecule has 0 bridgehead atoms. The second-order valence-corrected chi connectivity index (χ2v) is 8.65. The maximum absolute atomic E-state index is 12.8. The first-order valence-electron chi connectivity index (χ1n) is 9.21. The van der Waals surface area contributed by atoms with Gasteiger partial charge in [-0.15, -0.1) is 0 Å². The van der Waals surface area contributed by atoms with Gasteiger partial charge < -0.3 is 15.4 Å². The molecule has 7 nitrogen and oxygen atoms in total. The summed E-state index contributed by atoms with van der Waals surface area (Å²) in [5, 5.41) is 6.19. The zero-order chi connectivity index (χ0) is 18.6. The Labute approximate surface area is 154 Å². The molecule has 1 amide bonds. The predicted octanol–water partition coefficient (Wildman–Crippen LogP) is 1.40. The Hall–Kier alpha value is -1.64. The Balaban J connectivity index is 1.75. The van der Waals surface area contributed by atoms with Gasteiger partial charge in [-0.3, -0.25) is 4.79 Å². The van der Waals surface area contributed by atoms with Gasteiger partial charge >= 0.3 is 0 Å². The lowest BCUT2D eigenvalue weighted by molar-refractivity contribution is 0.0950. The van der Waals surface area contributed by atoms with Gasteiger partial charge in [0, 0.05) is 24.2 Å². The van der Waals surface area contributed by atoms with E-state index < -0.39 is 10.0 Å². The van der Waals surface area contributed by atoms with Crippen LogP contribution in [0.4, 0.5) is 0 Å². The molecule has 3 N–H and O–H groups in total. The molecule has 144 valence electrons. The Bertz CT molecular complexity index is 739. The van der Waals surface area contributed by atoms with Gasteiger partial charge in [0.1, 0.15) is 10.6 Å². The van der Waals surface area contributed by atoms with Gasteiger partial charge in [0.15, 0.2) is 0 Å². The van der Waals surface area contributed by atoms with E-state index in [-0.39, 0.29) is 28.6 Å². The summed E-state index contributed by atoms with van der Waals surface area (Å²) in [6, 6.07) is 4.75. The summed E-state index contributed by atoms with van der Waals surface area (Å²) in [7, 11) is -2.31. The van der Waals surface area contributed by atoms with E-state index >= 15 is 0 Å². The number of ether oxygens (including phenoxy) is 1. The molecule has 1 aromatic rings.